The van der Waals surface area contributed by atoms with E-state index >= 15 is 0 Å². The van der Waals surface area contributed by atoms with Gasteiger partial charge in [0.15, 0.2) is 0 Å². The third kappa shape index (κ3) is 3.41. The van der Waals surface area contributed by atoms with Crippen LogP contribution in [0, 0.1) is 0 Å². The molecule has 2 aromatic carbocycles. The number of benzene rings is 2. The van der Waals surface area contributed by atoms with Gasteiger partial charge in [0.1, 0.15) is 5.75 Å². The lowest BCUT2D eigenvalue weighted by atomic mass is 10.1. The van der Waals surface area contributed by atoms with Gasteiger partial charge in [0.05, 0.1) is 23.2 Å². The van der Waals surface area contributed by atoms with Crippen LogP contribution in [-0.4, -0.2) is 27.5 Å². The number of carboxylic acid groups (broad SMARTS) is 1. The summed E-state index contributed by atoms with van der Waals surface area (Å²) in [6.07, 6.45) is 1.78. The molecule has 3 rings (SSSR count). The fourth-order valence-corrected chi connectivity index (χ4v) is 2.73. The summed E-state index contributed by atoms with van der Waals surface area (Å²) in [5.41, 5.74) is -0.160. The second kappa shape index (κ2) is 7.58. The highest BCUT2D eigenvalue weighted by molar-refractivity contribution is 6.30. The molecule has 0 spiro atoms. The van der Waals surface area contributed by atoms with Crippen LogP contribution in [0.4, 0.5) is 0 Å². The molecule has 26 heavy (non-hydrogen) atoms. The van der Waals surface area contributed by atoms with Crippen molar-refractivity contribution in [3.63, 3.8) is 0 Å². The molecule has 7 heteroatoms. The van der Waals surface area contributed by atoms with Gasteiger partial charge in [-0.3, -0.25) is 4.79 Å². The average Bonchev–Trinajstić information content (AvgIpc) is 2.63. The summed E-state index contributed by atoms with van der Waals surface area (Å²) in [4.78, 5) is 24.2. The van der Waals surface area contributed by atoms with Gasteiger partial charge in [-0.2, -0.15) is 5.10 Å². The number of carboxylic acids is 1. The van der Waals surface area contributed by atoms with Crippen LogP contribution >= 0.6 is 11.6 Å². The number of hydrogen-bond acceptors (Lipinski definition) is 4. The standard InChI is InChI=1S/C19H17ClN2O4/c1-2-3-11-26-15-6-4-5-14-16(15)18(23)17(19(24)25)21-22(14)13-9-7-12(20)8-10-13/h4-10H,2-3,11H2,1H3,(H,24,25). The molecule has 0 amide bonds. The van der Waals surface area contributed by atoms with Crippen molar-refractivity contribution >= 4 is 28.5 Å². The summed E-state index contributed by atoms with van der Waals surface area (Å²) in [5, 5.41) is 14.2. The van der Waals surface area contributed by atoms with E-state index in [4.69, 9.17) is 16.3 Å². The van der Waals surface area contributed by atoms with E-state index in [2.05, 4.69) is 5.10 Å². The Morgan fingerprint density at radius 1 is 1.23 bits per heavy atom. The number of unbranched alkanes of at least 4 members (excludes halogenated alkanes) is 1. The largest absolute Gasteiger partial charge is 0.493 e. The number of aromatic carboxylic acids is 1. The van der Waals surface area contributed by atoms with Gasteiger partial charge in [-0.05, 0) is 42.8 Å². The molecule has 0 bridgehead atoms. The van der Waals surface area contributed by atoms with Crippen molar-refractivity contribution in [3.05, 3.63) is 63.4 Å². The van der Waals surface area contributed by atoms with Gasteiger partial charge < -0.3 is 9.84 Å². The molecule has 1 N–H and O–H groups in total. The van der Waals surface area contributed by atoms with Gasteiger partial charge in [0, 0.05) is 5.02 Å². The first-order valence-corrected chi connectivity index (χ1v) is 8.58. The molecule has 1 aromatic heterocycles. The van der Waals surface area contributed by atoms with E-state index in [1.54, 1.807) is 42.5 Å². The number of halogens is 1. The summed E-state index contributed by atoms with van der Waals surface area (Å²) in [6.45, 7) is 2.48. The summed E-state index contributed by atoms with van der Waals surface area (Å²) >= 11 is 5.93. The van der Waals surface area contributed by atoms with E-state index in [0.29, 0.717) is 28.6 Å². The minimum Gasteiger partial charge on any atom is -0.493 e. The van der Waals surface area contributed by atoms with Crippen molar-refractivity contribution in [1.29, 1.82) is 0 Å². The second-order valence-corrected chi connectivity index (χ2v) is 6.16. The van der Waals surface area contributed by atoms with Gasteiger partial charge in [-0.25, -0.2) is 9.48 Å². The maximum absolute atomic E-state index is 12.7. The van der Waals surface area contributed by atoms with Gasteiger partial charge in [-0.15, -0.1) is 0 Å². The van der Waals surface area contributed by atoms with Crippen LogP contribution in [0.25, 0.3) is 16.6 Å². The number of fused-ring (bicyclic) bond motifs is 1. The molecule has 0 atom stereocenters. The van der Waals surface area contributed by atoms with Crippen LogP contribution in [0.3, 0.4) is 0 Å². The predicted octanol–water partition coefficient (Wildman–Crippen LogP) is 3.92. The van der Waals surface area contributed by atoms with Crippen LogP contribution in [0.5, 0.6) is 5.75 Å². The Morgan fingerprint density at radius 2 is 1.96 bits per heavy atom. The van der Waals surface area contributed by atoms with E-state index in [1.165, 1.54) is 4.68 Å². The summed E-state index contributed by atoms with van der Waals surface area (Å²) in [6, 6.07) is 11.9. The predicted molar refractivity (Wildman–Crippen MR) is 99.7 cm³/mol. The van der Waals surface area contributed by atoms with Gasteiger partial charge >= 0.3 is 5.97 Å². The smallest absolute Gasteiger partial charge is 0.360 e. The highest BCUT2D eigenvalue weighted by atomic mass is 35.5. The Balaban J connectivity index is 2.29. The van der Waals surface area contributed by atoms with Crippen LogP contribution in [0.1, 0.15) is 30.3 Å². The minimum atomic E-state index is -1.39. The number of rotatable bonds is 6. The number of hydrogen-bond donors (Lipinski definition) is 1. The maximum Gasteiger partial charge on any atom is 0.360 e. The van der Waals surface area contributed by atoms with E-state index in [0.717, 1.165) is 12.8 Å². The molecular weight excluding hydrogens is 356 g/mol. The molecule has 3 aromatic rings. The van der Waals surface area contributed by atoms with E-state index in [9.17, 15) is 14.7 Å². The zero-order valence-corrected chi connectivity index (χ0v) is 14.9. The van der Waals surface area contributed by atoms with Gasteiger partial charge in [-0.1, -0.05) is 31.0 Å². The highest BCUT2D eigenvalue weighted by Crippen LogP contribution is 2.25. The Bertz CT molecular complexity index is 1010. The van der Waals surface area contributed by atoms with E-state index < -0.39 is 17.1 Å². The summed E-state index contributed by atoms with van der Waals surface area (Å²) in [7, 11) is 0. The summed E-state index contributed by atoms with van der Waals surface area (Å²) < 4.78 is 7.15. The molecule has 0 fully saturated rings. The zero-order chi connectivity index (χ0) is 18.7. The fourth-order valence-electron chi connectivity index (χ4n) is 2.61. The minimum absolute atomic E-state index is 0.200. The van der Waals surface area contributed by atoms with Crippen LogP contribution in [0.15, 0.2) is 47.3 Å². The van der Waals surface area contributed by atoms with Crippen LogP contribution < -0.4 is 10.2 Å². The molecular formula is C19H17ClN2O4. The Morgan fingerprint density at radius 3 is 2.62 bits per heavy atom. The fraction of sp³-hybridized carbons (Fsp3) is 0.211. The molecule has 0 aliphatic carbocycles. The third-order valence-electron chi connectivity index (χ3n) is 3.90. The van der Waals surface area contributed by atoms with Crippen molar-refractivity contribution in [1.82, 2.24) is 9.78 Å². The quantitative estimate of drug-likeness (QED) is 0.663. The molecule has 0 aliphatic rings. The molecule has 1 heterocycles. The number of nitrogens with zero attached hydrogens (tertiary/aromatic N) is 2. The Labute approximate surface area is 154 Å². The van der Waals surface area contributed by atoms with Crippen LogP contribution in [0.2, 0.25) is 5.02 Å². The monoisotopic (exact) mass is 372 g/mol. The molecule has 0 aliphatic heterocycles. The van der Waals surface area contributed by atoms with E-state index in [1.807, 2.05) is 6.92 Å². The molecule has 0 saturated carbocycles. The number of carbonyl (C=O) groups is 1. The van der Waals surface area contributed by atoms with Crippen molar-refractivity contribution in [2.75, 3.05) is 6.61 Å². The van der Waals surface area contributed by atoms with Crippen LogP contribution in [-0.2, 0) is 0 Å². The Hall–Kier alpha value is -2.86. The SMILES string of the molecule is CCCCOc1cccc2c1c(=O)c(C(=O)O)nn2-c1ccc(Cl)cc1. The normalized spacial score (nSPS) is 10.8. The molecule has 6 nitrogen and oxygen atoms in total. The summed E-state index contributed by atoms with van der Waals surface area (Å²) in [5.74, 6) is -1.03. The lowest BCUT2D eigenvalue weighted by molar-refractivity contribution is 0.0687. The van der Waals surface area contributed by atoms with Gasteiger partial charge in [0.25, 0.3) is 0 Å². The first-order valence-electron chi connectivity index (χ1n) is 8.21. The molecule has 134 valence electrons. The van der Waals surface area contributed by atoms with E-state index in [-0.39, 0.29) is 5.39 Å². The van der Waals surface area contributed by atoms with Crippen molar-refractivity contribution in [2.24, 2.45) is 0 Å². The second-order valence-electron chi connectivity index (χ2n) is 5.72. The van der Waals surface area contributed by atoms with Gasteiger partial charge in [0.2, 0.25) is 11.1 Å². The zero-order valence-electron chi connectivity index (χ0n) is 14.1. The third-order valence-corrected chi connectivity index (χ3v) is 4.16. The molecule has 0 unspecified atom stereocenters. The Kier molecular flexibility index (Phi) is 5.23. The first-order chi connectivity index (χ1) is 12.5. The average molecular weight is 373 g/mol. The molecule has 0 saturated heterocycles. The van der Waals surface area contributed by atoms with Crippen molar-refractivity contribution in [3.8, 4) is 11.4 Å². The maximum atomic E-state index is 12.7. The lowest BCUT2D eigenvalue weighted by Gasteiger charge is -2.14. The lowest BCUT2D eigenvalue weighted by Crippen LogP contribution is -2.23. The molecule has 0 radical (unpaired) electrons. The number of ether oxygens (including phenoxy) is 1. The van der Waals surface area contributed by atoms with Crippen molar-refractivity contribution < 1.29 is 14.6 Å². The topological polar surface area (TPSA) is 81.4 Å². The first kappa shape index (κ1) is 17.9. The van der Waals surface area contributed by atoms with Crippen molar-refractivity contribution in [2.45, 2.75) is 19.8 Å². The number of aromatic nitrogens is 2. The highest BCUT2D eigenvalue weighted by Gasteiger charge is 2.20.